The van der Waals surface area contributed by atoms with Gasteiger partial charge < -0.3 is 4.90 Å². The maximum Gasteiger partial charge on any atom is 0.291 e. The van der Waals surface area contributed by atoms with E-state index in [9.17, 15) is 21.4 Å². The number of nitrogens with zero attached hydrogens (tertiary/aromatic N) is 5. The molecule has 1 aromatic carbocycles. The summed E-state index contributed by atoms with van der Waals surface area (Å²) in [7, 11) is -3.91. The number of rotatable bonds is 10. The van der Waals surface area contributed by atoms with Crippen LogP contribution in [0.1, 0.15) is 31.2 Å². The van der Waals surface area contributed by atoms with Gasteiger partial charge >= 0.3 is 0 Å². The van der Waals surface area contributed by atoms with Crippen molar-refractivity contribution in [1.29, 1.82) is 4.78 Å². The van der Waals surface area contributed by atoms with Crippen molar-refractivity contribution in [2.24, 2.45) is 0 Å². The van der Waals surface area contributed by atoms with Gasteiger partial charge in [-0.1, -0.05) is 29.0 Å². The first-order valence-corrected chi connectivity index (χ1v) is 16.6. The first-order chi connectivity index (χ1) is 19.1. The lowest BCUT2D eigenvalue weighted by atomic mass is 10.1. The summed E-state index contributed by atoms with van der Waals surface area (Å²) >= 11 is 7.03. The van der Waals surface area contributed by atoms with E-state index in [4.69, 9.17) is 16.4 Å². The van der Waals surface area contributed by atoms with Gasteiger partial charge in [0.15, 0.2) is 21.0 Å². The fraction of sp³-hybridized carbons (Fsp3) is 0.375. The van der Waals surface area contributed by atoms with Gasteiger partial charge in [-0.2, -0.15) is 0 Å². The number of imidazole rings is 1. The molecule has 0 radical (unpaired) electrons. The van der Waals surface area contributed by atoms with Gasteiger partial charge in [-0.05, 0) is 52.1 Å². The molecule has 3 heterocycles. The highest BCUT2D eigenvalue weighted by Crippen LogP contribution is 2.40. The van der Waals surface area contributed by atoms with E-state index >= 15 is 4.39 Å². The van der Waals surface area contributed by atoms with Crippen molar-refractivity contribution < 1.29 is 25.8 Å². The number of hydrogen-bond acceptors (Lipinski definition) is 9. The number of halogens is 4. The number of alkyl halides is 2. The topological polar surface area (TPSA) is 133 Å². The summed E-state index contributed by atoms with van der Waals surface area (Å²) in [6.45, 7) is 2.11. The Labute approximate surface area is 243 Å². The van der Waals surface area contributed by atoms with Crippen molar-refractivity contribution in [1.82, 2.24) is 29.2 Å². The van der Waals surface area contributed by atoms with Crippen molar-refractivity contribution >= 4 is 48.2 Å². The second-order valence-corrected chi connectivity index (χ2v) is 15.6. The van der Waals surface area contributed by atoms with Gasteiger partial charge in [0, 0.05) is 35.2 Å². The van der Waals surface area contributed by atoms with E-state index in [2.05, 4.69) is 19.9 Å². The Bertz CT molecular complexity index is 1870. The van der Waals surface area contributed by atoms with Crippen LogP contribution in [0, 0.1) is 10.6 Å². The van der Waals surface area contributed by atoms with Crippen molar-refractivity contribution in [3.05, 3.63) is 46.4 Å². The summed E-state index contributed by atoms with van der Waals surface area (Å²) < 4.78 is 94.1. The highest BCUT2D eigenvalue weighted by atomic mass is 35.5. The van der Waals surface area contributed by atoms with E-state index in [-0.39, 0.29) is 48.2 Å². The molecular weight excluding hydrogens is 623 g/mol. The zero-order valence-corrected chi connectivity index (χ0v) is 25.2. The fourth-order valence-corrected chi connectivity index (χ4v) is 7.97. The van der Waals surface area contributed by atoms with E-state index in [1.165, 1.54) is 28.8 Å². The second kappa shape index (κ2) is 10.6. The zero-order valence-electron chi connectivity index (χ0n) is 22.0. The molecule has 5 rings (SSSR count). The average molecular weight is 648 g/mol. The maximum absolute atomic E-state index is 15.7. The Morgan fingerprint density at radius 1 is 1.17 bits per heavy atom. The third-order valence-corrected chi connectivity index (χ3v) is 11.2. The van der Waals surface area contributed by atoms with Gasteiger partial charge in [0.1, 0.15) is 5.82 Å². The molecule has 1 unspecified atom stereocenters. The Kier molecular flexibility index (Phi) is 7.70. The summed E-state index contributed by atoms with van der Waals surface area (Å²) in [6.07, 6.45) is -0.382. The molecule has 0 saturated heterocycles. The van der Waals surface area contributed by atoms with Gasteiger partial charge in [0.2, 0.25) is 10.0 Å². The van der Waals surface area contributed by atoms with Crippen LogP contribution in [0.4, 0.5) is 13.2 Å². The molecule has 1 saturated carbocycles. The fourth-order valence-electron chi connectivity index (χ4n) is 4.08. The van der Waals surface area contributed by atoms with Gasteiger partial charge in [0.05, 0.1) is 25.0 Å². The molecule has 0 amide bonds. The standard InChI is InChI=1S/C24H25ClF3N7O3S3/c1-24(6-7-24)33-41(37,38)14-10-16(15-5-4-13(11-17(15)26)40(29,36)9-8-34(2)3)18-19(25)30-21(35(18)12-14)23-32-31-22(39-23)20(27)28/h4-5,10-12,20,29,33H,6-9H2,1-3H3. The summed E-state index contributed by atoms with van der Waals surface area (Å²) in [5.74, 6) is -0.928. The molecule has 1 aliphatic rings. The molecule has 0 aliphatic heterocycles. The third-order valence-electron chi connectivity index (χ3n) is 6.61. The first kappa shape index (κ1) is 29.8. The molecule has 3 aromatic heterocycles. The van der Waals surface area contributed by atoms with Crippen LogP contribution in [0.15, 0.2) is 40.3 Å². The van der Waals surface area contributed by atoms with Gasteiger partial charge in [-0.25, -0.2) is 40.3 Å². The number of benzene rings is 1. The Morgan fingerprint density at radius 3 is 2.46 bits per heavy atom. The summed E-state index contributed by atoms with van der Waals surface area (Å²) in [5, 5.41) is 6.48. The predicted molar refractivity (Wildman–Crippen MR) is 150 cm³/mol. The largest absolute Gasteiger partial charge is 0.308 e. The number of aromatic nitrogens is 4. The minimum absolute atomic E-state index is 0.0124. The minimum atomic E-state index is -4.13. The molecule has 1 fully saturated rings. The lowest BCUT2D eigenvalue weighted by molar-refractivity contribution is 0.150. The number of sulfonamides is 1. The van der Waals surface area contributed by atoms with Crippen LogP contribution in [0.3, 0.4) is 0 Å². The first-order valence-electron chi connectivity index (χ1n) is 12.2. The summed E-state index contributed by atoms with van der Waals surface area (Å²) in [5.41, 5.74) is -0.583. The van der Waals surface area contributed by atoms with Gasteiger partial charge in [-0.3, -0.25) is 4.40 Å². The molecule has 10 nitrogen and oxygen atoms in total. The minimum Gasteiger partial charge on any atom is -0.308 e. The molecule has 0 bridgehead atoms. The normalized spacial score (nSPS) is 16.5. The van der Waals surface area contributed by atoms with Gasteiger partial charge in [-0.15, -0.1) is 10.2 Å². The van der Waals surface area contributed by atoms with Crippen molar-refractivity contribution in [2.75, 3.05) is 26.4 Å². The summed E-state index contributed by atoms with van der Waals surface area (Å²) in [4.78, 5) is 5.73. The van der Waals surface area contributed by atoms with Crippen LogP contribution in [0.5, 0.6) is 0 Å². The Morgan fingerprint density at radius 2 is 1.88 bits per heavy atom. The molecule has 0 spiro atoms. The third kappa shape index (κ3) is 5.99. The van der Waals surface area contributed by atoms with Crippen molar-refractivity contribution in [3.63, 3.8) is 0 Å². The molecule has 17 heteroatoms. The van der Waals surface area contributed by atoms with E-state index in [0.717, 1.165) is 6.07 Å². The highest BCUT2D eigenvalue weighted by molar-refractivity contribution is 7.92. The molecule has 1 aliphatic carbocycles. The number of hydrogen-bond donors (Lipinski definition) is 2. The van der Waals surface area contributed by atoms with E-state index < -0.39 is 42.5 Å². The molecule has 220 valence electrons. The summed E-state index contributed by atoms with van der Waals surface area (Å²) in [6, 6.07) is 4.90. The van der Waals surface area contributed by atoms with Crippen LogP contribution < -0.4 is 4.72 Å². The molecular formula is C24H25ClF3N7O3S3. The average Bonchev–Trinajstić information content (AvgIpc) is 3.26. The lowest BCUT2D eigenvalue weighted by Crippen LogP contribution is -2.34. The van der Waals surface area contributed by atoms with Crippen LogP contribution in [0.2, 0.25) is 5.15 Å². The smallest absolute Gasteiger partial charge is 0.291 e. The molecule has 1 atom stereocenters. The van der Waals surface area contributed by atoms with Crippen molar-refractivity contribution in [2.45, 2.75) is 41.5 Å². The predicted octanol–water partition coefficient (Wildman–Crippen LogP) is 5.05. The Balaban J connectivity index is 1.71. The number of nitrogens with one attached hydrogen (secondary N) is 2. The Hall–Kier alpha value is -2.63. The van der Waals surface area contributed by atoms with E-state index in [0.29, 0.717) is 30.7 Å². The molecule has 41 heavy (non-hydrogen) atoms. The maximum atomic E-state index is 15.7. The van der Waals surface area contributed by atoms with Crippen LogP contribution in [-0.2, 0) is 19.8 Å². The molecule has 4 aromatic rings. The number of fused-ring (bicyclic) bond motifs is 1. The highest BCUT2D eigenvalue weighted by Gasteiger charge is 2.41. The van der Waals surface area contributed by atoms with Gasteiger partial charge in [0.25, 0.3) is 6.43 Å². The van der Waals surface area contributed by atoms with Crippen molar-refractivity contribution in [3.8, 4) is 22.0 Å². The van der Waals surface area contributed by atoms with Crippen LogP contribution in [0.25, 0.3) is 27.5 Å². The molecule has 2 N–H and O–H groups in total. The van der Waals surface area contributed by atoms with E-state index in [1.54, 1.807) is 25.9 Å². The van der Waals surface area contributed by atoms with Crippen LogP contribution >= 0.6 is 22.9 Å². The monoisotopic (exact) mass is 647 g/mol. The lowest BCUT2D eigenvalue weighted by Gasteiger charge is -2.16. The SMILES string of the molecule is CN(C)CCS(=N)(=O)c1ccc(-c2cc(S(=O)(=O)NC3(C)CC3)cn3c(-c4nnc(C(F)F)s4)nc(Cl)c23)c(F)c1. The quantitative estimate of drug-likeness (QED) is 0.246. The van der Waals surface area contributed by atoms with E-state index in [1.807, 2.05) is 0 Å². The number of pyridine rings is 1. The second-order valence-electron chi connectivity index (χ2n) is 10.3. The van der Waals surface area contributed by atoms with Crippen LogP contribution in [-0.4, -0.2) is 69.0 Å². The zero-order chi connectivity index (χ0) is 29.9.